The van der Waals surface area contributed by atoms with Crippen molar-refractivity contribution in [3.63, 3.8) is 0 Å². The Morgan fingerprint density at radius 2 is 1.93 bits per heavy atom. The maximum atomic E-state index is 13.2. The van der Waals surface area contributed by atoms with Crippen LogP contribution in [0.25, 0.3) is 0 Å². The molecule has 0 radical (unpaired) electrons. The Morgan fingerprint density at radius 1 is 1.20 bits per heavy atom. The van der Waals surface area contributed by atoms with E-state index in [2.05, 4.69) is 20.5 Å². The van der Waals surface area contributed by atoms with E-state index < -0.39 is 10.0 Å². The molecule has 8 nitrogen and oxygen atoms in total. The molecular formula is C20H34IN5O3S. The predicted octanol–water partition coefficient (Wildman–Crippen LogP) is 1.47. The van der Waals surface area contributed by atoms with Crippen LogP contribution in [0.5, 0.6) is 0 Å². The van der Waals surface area contributed by atoms with Crippen LogP contribution in [0.2, 0.25) is 0 Å². The second-order valence-electron chi connectivity index (χ2n) is 7.53. The van der Waals surface area contributed by atoms with Crippen LogP contribution in [0, 0.1) is 0 Å². The van der Waals surface area contributed by atoms with Gasteiger partial charge in [-0.15, -0.1) is 24.0 Å². The summed E-state index contributed by atoms with van der Waals surface area (Å²) in [6.07, 6.45) is 2.36. The van der Waals surface area contributed by atoms with Gasteiger partial charge in [0, 0.05) is 45.9 Å². The first-order valence-corrected chi connectivity index (χ1v) is 11.8. The van der Waals surface area contributed by atoms with E-state index in [0.717, 1.165) is 39.1 Å². The van der Waals surface area contributed by atoms with E-state index in [1.54, 1.807) is 16.4 Å². The smallest absolute Gasteiger partial charge is 0.243 e. The highest BCUT2D eigenvalue weighted by Crippen LogP contribution is 2.22. The number of halogens is 1. The highest BCUT2D eigenvalue weighted by molar-refractivity contribution is 14.0. The molecule has 1 aromatic rings. The van der Waals surface area contributed by atoms with Gasteiger partial charge in [0.15, 0.2) is 5.96 Å². The zero-order valence-corrected chi connectivity index (χ0v) is 21.0. The third kappa shape index (κ3) is 6.78. The van der Waals surface area contributed by atoms with Crippen LogP contribution in [0.15, 0.2) is 34.2 Å². The molecule has 2 fully saturated rings. The monoisotopic (exact) mass is 551 g/mol. The standard InChI is InChI=1S/C20H33N5O3S.HI/c1-3-21-20(23-16-18-8-6-14-28-18)22-15-17-7-4-5-9-19(17)29(26,27)25-12-10-24(2)11-13-25;/h4-5,7,9,18H,3,6,8,10-16H2,1-2H3,(H2,21,22,23);1H. The number of nitrogens with zero attached hydrogens (tertiary/aromatic N) is 3. The van der Waals surface area contributed by atoms with Gasteiger partial charge in [0.25, 0.3) is 0 Å². The Kier molecular flexibility index (Phi) is 10.3. The molecule has 0 aromatic heterocycles. The minimum atomic E-state index is -3.53. The number of rotatable bonds is 7. The van der Waals surface area contributed by atoms with Gasteiger partial charge in [-0.3, -0.25) is 0 Å². The molecular weight excluding hydrogens is 517 g/mol. The predicted molar refractivity (Wildman–Crippen MR) is 130 cm³/mol. The summed E-state index contributed by atoms with van der Waals surface area (Å²) in [6, 6.07) is 7.17. The number of benzene rings is 1. The van der Waals surface area contributed by atoms with Crippen molar-refractivity contribution in [2.45, 2.75) is 37.3 Å². The largest absolute Gasteiger partial charge is 0.376 e. The highest BCUT2D eigenvalue weighted by Gasteiger charge is 2.29. The lowest BCUT2D eigenvalue weighted by atomic mass is 10.2. The van der Waals surface area contributed by atoms with Crippen molar-refractivity contribution in [2.24, 2.45) is 4.99 Å². The van der Waals surface area contributed by atoms with Crippen LogP contribution >= 0.6 is 24.0 Å². The molecule has 2 N–H and O–H groups in total. The first-order chi connectivity index (χ1) is 14.0. The minimum absolute atomic E-state index is 0. The van der Waals surface area contributed by atoms with E-state index >= 15 is 0 Å². The number of aliphatic imine (C=N–C) groups is 1. The van der Waals surface area contributed by atoms with Gasteiger partial charge in [-0.1, -0.05) is 18.2 Å². The highest BCUT2D eigenvalue weighted by atomic mass is 127. The molecule has 1 aromatic carbocycles. The van der Waals surface area contributed by atoms with Gasteiger partial charge in [-0.25, -0.2) is 13.4 Å². The van der Waals surface area contributed by atoms with Gasteiger partial charge in [0.05, 0.1) is 17.5 Å². The van der Waals surface area contributed by atoms with E-state index in [4.69, 9.17) is 4.74 Å². The number of piperazine rings is 1. The zero-order chi connectivity index (χ0) is 20.7. The van der Waals surface area contributed by atoms with Crippen LogP contribution in [0.3, 0.4) is 0 Å². The van der Waals surface area contributed by atoms with Gasteiger partial charge in [-0.05, 0) is 38.4 Å². The van der Waals surface area contributed by atoms with Gasteiger partial charge in [-0.2, -0.15) is 4.31 Å². The average Bonchev–Trinajstić information content (AvgIpc) is 3.24. The molecule has 2 aliphatic rings. The van der Waals surface area contributed by atoms with Crippen molar-refractivity contribution in [1.29, 1.82) is 0 Å². The zero-order valence-electron chi connectivity index (χ0n) is 17.8. The normalized spacial score (nSPS) is 21.3. The first-order valence-electron chi connectivity index (χ1n) is 10.4. The van der Waals surface area contributed by atoms with E-state index in [1.807, 2.05) is 26.1 Å². The Balaban J connectivity index is 0.00000320. The molecule has 0 spiro atoms. The van der Waals surface area contributed by atoms with E-state index in [1.165, 1.54) is 0 Å². The van der Waals surface area contributed by atoms with Crippen LogP contribution in [0.4, 0.5) is 0 Å². The lowest BCUT2D eigenvalue weighted by Gasteiger charge is -2.32. The fourth-order valence-corrected chi connectivity index (χ4v) is 5.21. The van der Waals surface area contributed by atoms with Gasteiger partial charge >= 0.3 is 0 Å². The lowest BCUT2D eigenvalue weighted by Crippen LogP contribution is -2.47. The molecule has 170 valence electrons. The molecule has 0 aliphatic carbocycles. The van der Waals surface area contributed by atoms with Crippen molar-refractivity contribution < 1.29 is 13.2 Å². The molecule has 30 heavy (non-hydrogen) atoms. The fourth-order valence-electron chi connectivity index (χ4n) is 3.58. The summed E-state index contributed by atoms with van der Waals surface area (Å²) < 4.78 is 33.6. The first kappa shape index (κ1) is 25.3. The summed E-state index contributed by atoms with van der Waals surface area (Å²) in [6.45, 7) is 7.08. The van der Waals surface area contributed by atoms with Crippen LogP contribution in [-0.4, -0.2) is 82.6 Å². The molecule has 3 rings (SSSR count). The molecule has 0 saturated carbocycles. The lowest BCUT2D eigenvalue weighted by molar-refractivity contribution is 0.114. The van der Waals surface area contributed by atoms with E-state index in [0.29, 0.717) is 42.6 Å². The van der Waals surface area contributed by atoms with Crippen LogP contribution < -0.4 is 10.6 Å². The number of hydrogen-bond donors (Lipinski definition) is 2. The van der Waals surface area contributed by atoms with E-state index in [-0.39, 0.29) is 30.1 Å². The van der Waals surface area contributed by atoms with Gasteiger partial charge < -0.3 is 20.3 Å². The van der Waals surface area contributed by atoms with Crippen molar-refractivity contribution >= 4 is 40.0 Å². The summed E-state index contributed by atoms with van der Waals surface area (Å²) in [5.74, 6) is 0.676. The summed E-state index contributed by atoms with van der Waals surface area (Å²) >= 11 is 0. The fraction of sp³-hybridized carbons (Fsp3) is 0.650. The number of sulfonamides is 1. The SMILES string of the molecule is CCNC(=NCc1ccccc1S(=O)(=O)N1CCN(C)CC1)NCC1CCCO1.I. The third-order valence-electron chi connectivity index (χ3n) is 5.33. The average molecular weight is 551 g/mol. The molecule has 2 aliphatic heterocycles. The molecule has 1 unspecified atom stereocenters. The minimum Gasteiger partial charge on any atom is -0.376 e. The van der Waals surface area contributed by atoms with Crippen molar-refractivity contribution in [3.8, 4) is 0 Å². The Morgan fingerprint density at radius 3 is 2.60 bits per heavy atom. The molecule has 10 heteroatoms. The number of nitrogens with one attached hydrogen (secondary N) is 2. The summed E-state index contributed by atoms with van der Waals surface area (Å²) in [5, 5.41) is 6.53. The second-order valence-corrected chi connectivity index (χ2v) is 9.43. The second kappa shape index (κ2) is 12.2. The van der Waals surface area contributed by atoms with E-state index in [9.17, 15) is 8.42 Å². The Hall–Kier alpha value is -0.950. The van der Waals surface area contributed by atoms with Crippen molar-refractivity contribution in [3.05, 3.63) is 29.8 Å². The molecule has 1 atom stereocenters. The maximum absolute atomic E-state index is 13.2. The van der Waals surface area contributed by atoms with Crippen molar-refractivity contribution in [1.82, 2.24) is 19.8 Å². The number of hydrogen-bond acceptors (Lipinski definition) is 5. The summed E-state index contributed by atoms with van der Waals surface area (Å²) in [7, 11) is -1.51. The van der Waals surface area contributed by atoms with Crippen LogP contribution in [0.1, 0.15) is 25.3 Å². The van der Waals surface area contributed by atoms with Crippen LogP contribution in [-0.2, 0) is 21.3 Å². The third-order valence-corrected chi connectivity index (χ3v) is 7.32. The number of likely N-dealkylation sites (N-methyl/N-ethyl adjacent to an activating group) is 1. The Labute approximate surface area is 197 Å². The summed E-state index contributed by atoms with van der Waals surface area (Å²) in [4.78, 5) is 7.12. The van der Waals surface area contributed by atoms with Crippen molar-refractivity contribution in [2.75, 3.05) is 52.9 Å². The van der Waals surface area contributed by atoms with Gasteiger partial charge in [0.2, 0.25) is 10.0 Å². The number of guanidine groups is 1. The van der Waals surface area contributed by atoms with Gasteiger partial charge in [0.1, 0.15) is 0 Å². The number of ether oxygens (including phenoxy) is 1. The quantitative estimate of drug-likeness (QED) is 0.304. The summed E-state index contributed by atoms with van der Waals surface area (Å²) in [5.41, 5.74) is 0.709. The molecule has 0 amide bonds. The Bertz CT molecular complexity index is 791. The topological polar surface area (TPSA) is 86.3 Å². The maximum Gasteiger partial charge on any atom is 0.243 e. The molecule has 0 bridgehead atoms. The molecule has 2 heterocycles. The molecule has 2 saturated heterocycles.